The SMILES string of the molecule is Cc1cccc(-c2nc(C(C)C)no2)c1NC(=O)CN1c2cccc3cccc(c23)S1(=O)=O. The smallest absolute Gasteiger partial charge is 0.265 e. The number of carbonyl (C=O) groups excluding carboxylic acids is 1. The molecule has 0 spiro atoms. The number of rotatable bonds is 5. The van der Waals surface area contributed by atoms with Crippen molar-refractivity contribution in [3.05, 3.63) is 66.0 Å². The molecule has 5 rings (SSSR count). The van der Waals surface area contributed by atoms with Crippen LogP contribution in [-0.4, -0.2) is 31.0 Å². The van der Waals surface area contributed by atoms with Crippen LogP contribution in [0.15, 0.2) is 64.0 Å². The Morgan fingerprint density at radius 1 is 1.09 bits per heavy atom. The number of hydrogen-bond acceptors (Lipinski definition) is 6. The number of nitrogens with zero attached hydrogens (tertiary/aromatic N) is 3. The van der Waals surface area contributed by atoms with Gasteiger partial charge in [0.15, 0.2) is 5.82 Å². The molecule has 168 valence electrons. The van der Waals surface area contributed by atoms with E-state index in [1.54, 1.807) is 30.3 Å². The highest BCUT2D eigenvalue weighted by Gasteiger charge is 2.36. The second-order valence-electron chi connectivity index (χ2n) is 8.30. The Hall–Kier alpha value is -3.72. The van der Waals surface area contributed by atoms with Crippen molar-refractivity contribution in [3.63, 3.8) is 0 Å². The lowest BCUT2D eigenvalue weighted by molar-refractivity contribution is -0.114. The first-order chi connectivity index (χ1) is 15.8. The molecule has 0 unspecified atom stereocenters. The van der Waals surface area contributed by atoms with Gasteiger partial charge in [0.05, 0.1) is 21.8 Å². The third-order valence-corrected chi connectivity index (χ3v) is 7.50. The van der Waals surface area contributed by atoms with Gasteiger partial charge in [-0.25, -0.2) is 8.42 Å². The van der Waals surface area contributed by atoms with E-state index >= 15 is 0 Å². The highest BCUT2D eigenvalue weighted by molar-refractivity contribution is 7.93. The number of benzene rings is 3. The number of amides is 1. The van der Waals surface area contributed by atoms with Gasteiger partial charge in [0.1, 0.15) is 6.54 Å². The fourth-order valence-electron chi connectivity index (χ4n) is 4.03. The predicted molar refractivity (Wildman–Crippen MR) is 126 cm³/mol. The molecule has 3 aromatic carbocycles. The summed E-state index contributed by atoms with van der Waals surface area (Å²) in [6.45, 7) is 5.41. The number of hydrogen-bond donors (Lipinski definition) is 1. The zero-order chi connectivity index (χ0) is 23.3. The molecule has 33 heavy (non-hydrogen) atoms. The number of sulfonamides is 1. The summed E-state index contributed by atoms with van der Waals surface area (Å²) in [6, 6.07) is 16.0. The molecule has 0 bridgehead atoms. The molecule has 1 aliphatic rings. The molecular weight excluding hydrogens is 440 g/mol. The third kappa shape index (κ3) is 3.45. The molecule has 1 aliphatic heterocycles. The lowest BCUT2D eigenvalue weighted by Crippen LogP contribution is -2.35. The van der Waals surface area contributed by atoms with E-state index in [4.69, 9.17) is 4.52 Å². The summed E-state index contributed by atoms with van der Waals surface area (Å²) >= 11 is 0. The van der Waals surface area contributed by atoms with Crippen LogP contribution < -0.4 is 9.62 Å². The van der Waals surface area contributed by atoms with Crippen molar-refractivity contribution in [2.75, 3.05) is 16.2 Å². The van der Waals surface area contributed by atoms with Gasteiger partial charge >= 0.3 is 0 Å². The molecule has 9 heteroatoms. The van der Waals surface area contributed by atoms with Crippen molar-refractivity contribution in [2.45, 2.75) is 31.6 Å². The fourth-order valence-corrected chi connectivity index (χ4v) is 5.70. The number of anilines is 2. The predicted octanol–water partition coefficient (Wildman–Crippen LogP) is 4.47. The van der Waals surface area contributed by atoms with Crippen molar-refractivity contribution >= 4 is 38.1 Å². The van der Waals surface area contributed by atoms with Crippen LogP contribution >= 0.6 is 0 Å². The van der Waals surface area contributed by atoms with E-state index < -0.39 is 15.9 Å². The number of aromatic nitrogens is 2. The first-order valence-electron chi connectivity index (χ1n) is 10.6. The summed E-state index contributed by atoms with van der Waals surface area (Å²) in [7, 11) is -3.83. The Labute approximate surface area is 191 Å². The molecule has 2 heterocycles. The van der Waals surface area contributed by atoms with E-state index in [1.807, 2.05) is 45.0 Å². The van der Waals surface area contributed by atoms with E-state index in [2.05, 4.69) is 15.5 Å². The van der Waals surface area contributed by atoms with Crippen LogP contribution in [0.25, 0.3) is 22.2 Å². The summed E-state index contributed by atoms with van der Waals surface area (Å²) in [4.78, 5) is 17.7. The number of aryl methyl sites for hydroxylation is 1. The van der Waals surface area contributed by atoms with Gasteiger partial charge in [-0.3, -0.25) is 9.10 Å². The van der Waals surface area contributed by atoms with Crippen LogP contribution in [0.3, 0.4) is 0 Å². The van der Waals surface area contributed by atoms with Gasteiger partial charge in [-0.2, -0.15) is 4.98 Å². The lowest BCUT2D eigenvalue weighted by Gasteiger charge is -2.19. The zero-order valence-corrected chi connectivity index (χ0v) is 19.2. The van der Waals surface area contributed by atoms with Gasteiger partial charge in [0.2, 0.25) is 5.91 Å². The Bertz CT molecular complexity index is 1500. The summed E-state index contributed by atoms with van der Waals surface area (Å²) in [5, 5.41) is 8.32. The van der Waals surface area contributed by atoms with Crippen molar-refractivity contribution in [1.29, 1.82) is 0 Å². The molecule has 1 amide bonds. The van der Waals surface area contributed by atoms with Crippen LogP contribution in [0, 0.1) is 6.92 Å². The van der Waals surface area contributed by atoms with Gasteiger partial charge in [-0.1, -0.05) is 55.4 Å². The van der Waals surface area contributed by atoms with Crippen LogP contribution in [0.4, 0.5) is 11.4 Å². The standard InChI is InChI=1S/C24H22N4O4S/c1-14(2)23-26-24(32-27-23)17-10-4-7-15(3)22(17)25-20(29)13-28-18-11-5-8-16-9-6-12-19(21(16)18)33(28,30)31/h4-12,14H,13H2,1-3H3,(H,25,29). The normalized spacial score (nSPS) is 14.2. The zero-order valence-electron chi connectivity index (χ0n) is 18.4. The highest BCUT2D eigenvalue weighted by atomic mass is 32.2. The first kappa shape index (κ1) is 21.1. The van der Waals surface area contributed by atoms with E-state index in [0.29, 0.717) is 34.0 Å². The molecular formula is C24H22N4O4S. The van der Waals surface area contributed by atoms with E-state index in [9.17, 15) is 13.2 Å². The number of nitrogens with one attached hydrogen (secondary N) is 1. The topological polar surface area (TPSA) is 105 Å². The Kier molecular flexibility index (Phi) is 4.93. The minimum absolute atomic E-state index is 0.0927. The Morgan fingerprint density at radius 2 is 1.82 bits per heavy atom. The Morgan fingerprint density at radius 3 is 2.55 bits per heavy atom. The van der Waals surface area contributed by atoms with Crippen molar-refractivity contribution < 1.29 is 17.7 Å². The van der Waals surface area contributed by atoms with Gasteiger partial charge in [-0.15, -0.1) is 0 Å². The summed E-state index contributed by atoms with van der Waals surface area (Å²) < 4.78 is 32.9. The van der Waals surface area contributed by atoms with Crippen molar-refractivity contribution in [3.8, 4) is 11.5 Å². The van der Waals surface area contributed by atoms with Gasteiger partial charge in [0, 0.05) is 11.3 Å². The molecule has 8 nitrogen and oxygen atoms in total. The summed E-state index contributed by atoms with van der Waals surface area (Å²) in [6.07, 6.45) is 0. The minimum Gasteiger partial charge on any atom is -0.334 e. The average Bonchev–Trinajstić information content (AvgIpc) is 3.35. The summed E-state index contributed by atoms with van der Waals surface area (Å²) in [5.74, 6) is 0.485. The fraction of sp³-hybridized carbons (Fsp3) is 0.208. The lowest BCUT2D eigenvalue weighted by atomic mass is 10.1. The van der Waals surface area contributed by atoms with Gasteiger partial charge < -0.3 is 9.84 Å². The first-order valence-corrected chi connectivity index (χ1v) is 12.0. The molecule has 0 radical (unpaired) electrons. The molecule has 1 N–H and O–H groups in total. The van der Waals surface area contributed by atoms with Crippen LogP contribution in [-0.2, 0) is 14.8 Å². The van der Waals surface area contributed by atoms with Crippen LogP contribution in [0.5, 0.6) is 0 Å². The third-order valence-electron chi connectivity index (χ3n) is 5.69. The van der Waals surface area contributed by atoms with Gasteiger partial charge in [-0.05, 0) is 36.1 Å². The quantitative estimate of drug-likeness (QED) is 0.469. The monoisotopic (exact) mass is 462 g/mol. The molecule has 4 aromatic rings. The largest absolute Gasteiger partial charge is 0.334 e. The molecule has 0 aliphatic carbocycles. The van der Waals surface area contributed by atoms with Crippen molar-refractivity contribution in [1.82, 2.24) is 10.1 Å². The molecule has 0 atom stereocenters. The van der Waals surface area contributed by atoms with Gasteiger partial charge in [0.25, 0.3) is 15.9 Å². The second-order valence-corrected chi connectivity index (χ2v) is 10.1. The van der Waals surface area contributed by atoms with E-state index in [-0.39, 0.29) is 17.4 Å². The number of carbonyl (C=O) groups is 1. The summed E-state index contributed by atoms with van der Waals surface area (Å²) in [5.41, 5.74) is 2.38. The molecule has 1 aromatic heterocycles. The maximum atomic E-state index is 13.2. The maximum absolute atomic E-state index is 13.2. The van der Waals surface area contributed by atoms with Crippen LogP contribution in [0.1, 0.15) is 31.2 Å². The van der Waals surface area contributed by atoms with Crippen molar-refractivity contribution in [2.24, 2.45) is 0 Å². The van der Waals surface area contributed by atoms with E-state index in [0.717, 1.165) is 15.3 Å². The Balaban J connectivity index is 1.47. The van der Waals surface area contributed by atoms with Crippen LogP contribution in [0.2, 0.25) is 0 Å². The average molecular weight is 463 g/mol. The molecule has 0 fully saturated rings. The molecule has 0 saturated carbocycles. The highest BCUT2D eigenvalue weighted by Crippen LogP contribution is 2.42. The van der Waals surface area contributed by atoms with E-state index in [1.165, 1.54) is 0 Å². The minimum atomic E-state index is -3.83. The maximum Gasteiger partial charge on any atom is 0.265 e. The molecule has 0 saturated heterocycles. The second kappa shape index (κ2) is 7.70. The number of para-hydroxylation sites is 1.